The van der Waals surface area contributed by atoms with Gasteiger partial charge < -0.3 is 19.1 Å². The van der Waals surface area contributed by atoms with Gasteiger partial charge in [-0.05, 0) is 31.9 Å². The van der Waals surface area contributed by atoms with Crippen LogP contribution in [0, 0.1) is 0 Å². The van der Waals surface area contributed by atoms with E-state index in [2.05, 4.69) is 0 Å². The van der Waals surface area contributed by atoms with E-state index in [9.17, 15) is 18.0 Å². The van der Waals surface area contributed by atoms with Gasteiger partial charge in [0.1, 0.15) is 17.1 Å². The Morgan fingerprint density at radius 1 is 1.25 bits per heavy atom. The molecule has 2 rings (SSSR count). The normalized spacial score (nSPS) is 18.9. The van der Waals surface area contributed by atoms with Crippen LogP contribution in [-0.2, 0) is 19.4 Å². The van der Waals surface area contributed by atoms with Gasteiger partial charge in [-0.3, -0.25) is 4.79 Å². The fourth-order valence-corrected chi connectivity index (χ4v) is 4.96. The van der Waals surface area contributed by atoms with E-state index in [4.69, 9.17) is 14.2 Å². The second kappa shape index (κ2) is 9.27. The third kappa shape index (κ3) is 5.15. The lowest BCUT2D eigenvalue weighted by atomic mass is 10.1. The molecule has 0 N–H and O–H groups in total. The summed E-state index contributed by atoms with van der Waals surface area (Å²) >= 11 is 0. The summed E-state index contributed by atoms with van der Waals surface area (Å²) in [6, 6.07) is 4.10. The second-order valence-electron chi connectivity index (χ2n) is 6.76. The van der Waals surface area contributed by atoms with Crippen LogP contribution in [-0.4, -0.2) is 69.6 Å². The van der Waals surface area contributed by atoms with Gasteiger partial charge in [0.05, 0.1) is 25.7 Å². The van der Waals surface area contributed by atoms with Crippen LogP contribution in [0.15, 0.2) is 18.2 Å². The average Bonchev–Trinajstić information content (AvgIpc) is 3.04. The summed E-state index contributed by atoms with van der Waals surface area (Å²) in [6.07, 6.45) is 1.07. The zero-order valence-corrected chi connectivity index (χ0v) is 17.5. The zero-order valence-electron chi connectivity index (χ0n) is 16.6. The number of methoxy groups -OCH3 is 2. The lowest BCUT2D eigenvalue weighted by molar-refractivity contribution is -0.138. The number of carbonyl (C=O) groups is 2. The van der Waals surface area contributed by atoms with Crippen molar-refractivity contribution in [2.75, 3.05) is 32.3 Å². The van der Waals surface area contributed by atoms with Gasteiger partial charge in [0, 0.05) is 18.2 Å². The molecule has 2 atom stereocenters. The minimum absolute atomic E-state index is 0.0523. The summed E-state index contributed by atoms with van der Waals surface area (Å²) in [6.45, 7) is 3.31. The largest absolute Gasteiger partial charge is 0.497 e. The molecule has 0 aromatic heterocycles. The molecule has 1 fully saturated rings. The highest BCUT2D eigenvalue weighted by Crippen LogP contribution is 2.26. The fraction of sp³-hybridized carbons (Fsp3) is 0.579. The third-order valence-electron chi connectivity index (χ3n) is 4.91. The molecule has 1 aliphatic rings. The first-order chi connectivity index (χ1) is 13.2. The van der Waals surface area contributed by atoms with Crippen LogP contribution in [0.1, 0.15) is 37.0 Å². The first-order valence-corrected chi connectivity index (χ1v) is 10.9. The van der Waals surface area contributed by atoms with Gasteiger partial charge in [-0.2, -0.15) is 0 Å². The van der Waals surface area contributed by atoms with Crippen molar-refractivity contribution in [1.29, 1.82) is 0 Å². The van der Waals surface area contributed by atoms with E-state index in [1.807, 2.05) is 13.8 Å². The van der Waals surface area contributed by atoms with E-state index >= 15 is 0 Å². The van der Waals surface area contributed by atoms with Gasteiger partial charge in [-0.25, -0.2) is 13.2 Å². The van der Waals surface area contributed by atoms with E-state index in [0.29, 0.717) is 18.6 Å². The maximum absolute atomic E-state index is 12.7. The first kappa shape index (κ1) is 22.0. The molecular formula is C19H27NO7S. The van der Waals surface area contributed by atoms with Crippen molar-refractivity contribution in [3.63, 3.8) is 0 Å². The molecule has 0 bridgehead atoms. The summed E-state index contributed by atoms with van der Waals surface area (Å²) in [7, 11) is -0.219. The van der Waals surface area contributed by atoms with Gasteiger partial charge in [0.2, 0.25) is 0 Å². The maximum atomic E-state index is 12.7. The number of amides is 1. The predicted molar refractivity (Wildman–Crippen MR) is 103 cm³/mol. The summed E-state index contributed by atoms with van der Waals surface area (Å²) in [4.78, 5) is 26.7. The number of esters is 1. The van der Waals surface area contributed by atoms with E-state index in [0.717, 1.165) is 0 Å². The SMILES string of the molecule is CC[C@H](C)N(C(=O)COC(=O)c1ccc(OC)cc1OC)[C@@H]1CCS(=O)(=O)C1. The van der Waals surface area contributed by atoms with Crippen LogP contribution >= 0.6 is 0 Å². The number of ether oxygens (including phenoxy) is 3. The predicted octanol–water partition coefficient (Wildman–Crippen LogP) is 1.67. The monoisotopic (exact) mass is 413 g/mol. The Morgan fingerprint density at radius 2 is 1.96 bits per heavy atom. The topological polar surface area (TPSA) is 99.2 Å². The van der Waals surface area contributed by atoms with Crippen molar-refractivity contribution in [2.24, 2.45) is 0 Å². The van der Waals surface area contributed by atoms with Gasteiger partial charge in [0.25, 0.3) is 5.91 Å². The van der Waals surface area contributed by atoms with Crippen LogP contribution in [0.2, 0.25) is 0 Å². The van der Waals surface area contributed by atoms with Crippen LogP contribution in [0.3, 0.4) is 0 Å². The highest BCUT2D eigenvalue weighted by atomic mass is 32.2. The molecular weight excluding hydrogens is 386 g/mol. The molecule has 0 radical (unpaired) electrons. The lowest BCUT2D eigenvalue weighted by Crippen LogP contribution is -2.48. The average molecular weight is 413 g/mol. The van der Waals surface area contributed by atoms with Crippen molar-refractivity contribution in [1.82, 2.24) is 4.90 Å². The summed E-state index contributed by atoms with van der Waals surface area (Å²) in [5.74, 6) is -0.287. The van der Waals surface area contributed by atoms with Crippen molar-refractivity contribution in [2.45, 2.75) is 38.8 Å². The van der Waals surface area contributed by atoms with Crippen LogP contribution in [0.25, 0.3) is 0 Å². The summed E-state index contributed by atoms with van der Waals surface area (Å²) in [5.41, 5.74) is 0.176. The summed E-state index contributed by atoms with van der Waals surface area (Å²) < 4.78 is 39.1. The lowest BCUT2D eigenvalue weighted by Gasteiger charge is -2.33. The quantitative estimate of drug-likeness (QED) is 0.598. The van der Waals surface area contributed by atoms with Gasteiger partial charge in [0.15, 0.2) is 16.4 Å². The van der Waals surface area contributed by atoms with E-state index in [1.54, 1.807) is 17.0 Å². The van der Waals surface area contributed by atoms with Crippen LogP contribution in [0.4, 0.5) is 0 Å². The van der Waals surface area contributed by atoms with Gasteiger partial charge in [-0.15, -0.1) is 0 Å². The van der Waals surface area contributed by atoms with Gasteiger partial charge in [-0.1, -0.05) is 6.92 Å². The molecule has 0 unspecified atom stereocenters. The molecule has 1 heterocycles. The molecule has 0 saturated carbocycles. The Morgan fingerprint density at radius 3 is 2.50 bits per heavy atom. The molecule has 0 aliphatic carbocycles. The van der Waals surface area contributed by atoms with Crippen molar-refractivity contribution in [3.8, 4) is 11.5 Å². The van der Waals surface area contributed by atoms with Crippen molar-refractivity contribution < 1.29 is 32.2 Å². The van der Waals surface area contributed by atoms with E-state index in [-0.39, 0.29) is 34.9 Å². The van der Waals surface area contributed by atoms with Crippen LogP contribution in [0.5, 0.6) is 11.5 Å². The second-order valence-corrected chi connectivity index (χ2v) is 8.99. The molecule has 28 heavy (non-hydrogen) atoms. The minimum atomic E-state index is -3.14. The molecule has 1 saturated heterocycles. The Kier molecular flexibility index (Phi) is 7.29. The maximum Gasteiger partial charge on any atom is 0.342 e. The fourth-order valence-electron chi connectivity index (χ4n) is 3.25. The molecule has 9 heteroatoms. The molecule has 1 aliphatic heterocycles. The van der Waals surface area contributed by atoms with Crippen molar-refractivity contribution in [3.05, 3.63) is 23.8 Å². The smallest absolute Gasteiger partial charge is 0.342 e. The Bertz CT molecular complexity index is 822. The highest BCUT2D eigenvalue weighted by molar-refractivity contribution is 7.91. The molecule has 156 valence electrons. The summed E-state index contributed by atoms with van der Waals surface area (Å²) in [5, 5.41) is 0. The number of sulfone groups is 1. The van der Waals surface area contributed by atoms with Crippen LogP contribution < -0.4 is 9.47 Å². The molecule has 0 spiro atoms. The van der Waals surface area contributed by atoms with E-state index < -0.39 is 28.3 Å². The number of rotatable bonds is 8. The molecule has 8 nitrogen and oxygen atoms in total. The molecule has 1 aromatic carbocycles. The molecule has 1 aromatic rings. The zero-order chi connectivity index (χ0) is 20.9. The highest BCUT2D eigenvalue weighted by Gasteiger charge is 2.36. The Balaban J connectivity index is 2.09. The van der Waals surface area contributed by atoms with Crippen molar-refractivity contribution >= 4 is 21.7 Å². The van der Waals surface area contributed by atoms with Gasteiger partial charge >= 0.3 is 5.97 Å². The number of hydrogen-bond donors (Lipinski definition) is 0. The number of nitrogens with zero attached hydrogens (tertiary/aromatic N) is 1. The minimum Gasteiger partial charge on any atom is -0.497 e. The first-order valence-electron chi connectivity index (χ1n) is 9.13. The standard InChI is InChI=1S/C19H27NO7S/c1-5-13(2)20(14-8-9-28(23,24)12-14)18(21)11-27-19(22)16-7-6-15(25-3)10-17(16)26-4/h6-7,10,13-14H,5,8-9,11-12H2,1-4H3/t13-,14+/m0/s1. The number of benzene rings is 1. The Hall–Kier alpha value is -2.29. The molecule has 1 amide bonds. The van der Waals surface area contributed by atoms with E-state index in [1.165, 1.54) is 20.3 Å². The number of carbonyl (C=O) groups excluding carboxylic acids is 2. The third-order valence-corrected chi connectivity index (χ3v) is 6.66. The Labute approximate surface area is 165 Å². The number of hydrogen-bond acceptors (Lipinski definition) is 7.